The van der Waals surface area contributed by atoms with Crippen LogP contribution >= 0.6 is 0 Å². The molecule has 0 aromatic heterocycles. The largest absolute Gasteiger partial charge is 0.508 e. The van der Waals surface area contributed by atoms with Crippen molar-refractivity contribution in [1.29, 1.82) is 0 Å². The lowest BCUT2D eigenvalue weighted by atomic mass is 10.0. The molecule has 5 N–H and O–H groups in total. The minimum absolute atomic E-state index is 0.0554. The van der Waals surface area contributed by atoms with Gasteiger partial charge in [0, 0.05) is 13.0 Å². The average molecular weight is 770 g/mol. The molecule has 4 aromatic carbocycles. The van der Waals surface area contributed by atoms with Gasteiger partial charge in [-0.3, -0.25) is 4.79 Å². The third-order valence-corrected chi connectivity index (χ3v) is 8.61. The molecule has 1 amide bonds. The van der Waals surface area contributed by atoms with Gasteiger partial charge in [-0.15, -0.1) is 6.58 Å². The molecule has 0 aliphatic rings. The molecule has 0 spiro atoms. The van der Waals surface area contributed by atoms with E-state index in [-0.39, 0.29) is 17.4 Å². The highest BCUT2D eigenvalue weighted by Gasteiger charge is 2.06. The van der Waals surface area contributed by atoms with Gasteiger partial charge in [0.2, 0.25) is 5.91 Å². The number of carbonyl (C=O) groups is 1. The number of carbonyl (C=O) groups excluding carboxylic acids is 1. The molecule has 4 aromatic rings. The van der Waals surface area contributed by atoms with E-state index in [4.69, 9.17) is 9.47 Å². The molecular formula is C48H67NO7. The van der Waals surface area contributed by atoms with Crippen molar-refractivity contribution in [2.75, 3.05) is 14.2 Å². The summed E-state index contributed by atoms with van der Waals surface area (Å²) in [6.45, 7) is 20.6. The number of hydrogen-bond donors (Lipinski definition) is 5. The van der Waals surface area contributed by atoms with E-state index in [0.717, 1.165) is 53.5 Å². The molecule has 0 aliphatic heterocycles. The zero-order chi connectivity index (χ0) is 42.2. The van der Waals surface area contributed by atoms with E-state index in [0.29, 0.717) is 53.7 Å². The van der Waals surface area contributed by atoms with Gasteiger partial charge in [-0.25, -0.2) is 0 Å². The van der Waals surface area contributed by atoms with E-state index >= 15 is 0 Å². The van der Waals surface area contributed by atoms with Crippen LogP contribution in [0.4, 0.5) is 0 Å². The molecule has 8 heteroatoms. The number of benzene rings is 4. The van der Waals surface area contributed by atoms with Gasteiger partial charge in [-0.05, 0) is 127 Å². The van der Waals surface area contributed by atoms with Crippen LogP contribution in [0.25, 0.3) is 0 Å². The topological polar surface area (TPSA) is 128 Å². The van der Waals surface area contributed by atoms with E-state index in [9.17, 15) is 25.2 Å². The second-order valence-corrected chi connectivity index (χ2v) is 14.6. The summed E-state index contributed by atoms with van der Waals surface area (Å²) in [5, 5.41) is 40.5. The molecule has 0 bridgehead atoms. The van der Waals surface area contributed by atoms with Crippen molar-refractivity contribution in [3.8, 4) is 34.5 Å². The van der Waals surface area contributed by atoms with Crippen molar-refractivity contribution in [2.24, 2.45) is 5.92 Å². The Morgan fingerprint density at radius 3 is 1.84 bits per heavy atom. The number of unbranched alkanes of at least 4 members (excludes halogenated alkanes) is 2. The number of aromatic hydroxyl groups is 4. The lowest BCUT2D eigenvalue weighted by molar-refractivity contribution is -0.121. The number of methoxy groups -OCH3 is 2. The van der Waals surface area contributed by atoms with Gasteiger partial charge in [0.15, 0.2) is 23.0 Å². The average Bonchev–Trinajstić information content (AvgIpc) is 3.15. The first-order valence-electron chi connectivity index (χ1n) is 19.4. The molecule has 0 saturated heterocycles. The molecule has 0 heterocycles. The Morgan fingerprint density at radius 2 is 1.32 bits per heavy atom. The van der Waals surface area contributed by atoms with Crippen molar-refractivity contribution in [1.82, 2.24) is 5.32 Å². The molecule has 0 saturated carbocycles. The van der Waals surface area contributed by atoms with Gasteiger partial charge in [-0.1, -0.05) is 96.2 Å². The van der Waals surface area contributed by atoms with Crippen molar-refractivity contribution in [3.63, 3.8) is 0 Å². The Labute approximate surface area is 336 Å². The Balaban J connectivity index is 0.000000394. The Hall–Kier alpha value is -5.37. The third kappa shape index (κ3) is 19.3. The second-order valence-electron chi connectivity index (χ2n) is 14.6. The molecule has 8 nitrogen and oxygen atoms in total. The second kappa shape index (κ2) is 26.4. The molecule has 56 heavy (non-hydrogen) atoms. The van der Waals surface area contributed by atoms with Gasteiger partial charge in [0.25, 0.3) is 0 Å². The summed E-state index contributed by atoms with van der Waals surface area (Å²) >= 11 is 0. The van der Waals surface area contributed by atoms with E-state index in [1.807, 2.05) is 50.3 Å². The van der Waals surface area contributed by atoms with Gasteiger partial charge < -0.3 is 35.2 Å². The highest BCUT2D eigenvalue weighted by molar-refractivity contribution is 5.75. The van der Waals surface area contributed by atoms with E-state index in [2.05, 4.69) is 71.7 Å². The number of aryl methyl sites for hydroxylation is 2. The first kappa shape index (κ1) is 48.6. The summed E-state index contributed by atoms with van der Waals surface area (Å²) in [6, 6.07) is 22.0. The maximum atomic E-state index is 11.8. The fraction of sp³-hybridized carbons (Fsp3) is 0.396. The molecule has 0 unspecified atom stereocenters. The molecule has 0 fully saturated rings. The zero-order valence-electron chi connectivity index (χ0n) is 35.4. The molecule has 0 radical (unpaired) electrons. The Bertz CT molecular complexity index is 1790. The zero-order valence-corrected chi connectivity index (χ0v) is 35.4. The fourth-order valence-corrected chi connectivity index (χ4v) is 5.18. The van der Waals surface area contributed by atoms with Gasteiger partial charge in [0.1, 0.15) is 11.5 Å². The minimum Gasteiger partial charge on any atom is -0.508 e. The van der Waals surface area contributed by atoms with Crippen molar-refractivity contribution >= 4 is 5.91 Å². The van der Waals surface area contributed by atoms with Crippen LogP contribution in [0, 0.1) is 19.8 Å². The summed E-state index contributed by atoms with van der Waals surface area (Å²) in [5.74, 6) is 3.55. The van der Waals surface area contributed by atoms with Crippen molar-refractivity contribution in [3.05, 3.63) is 131 Å². The van der Waals surface area contributed by atoms with Crippen LogP contribution in [0.1, 0.15) is 112 Å². The van der Waals surface area contributed by atoms with Crippen LogP contribution in [0.2, 0.25) is 0 Å². The predicted octanol–water partition coefficient (Wildman–Crippen LogP) is 11.6. The van der Waals surface area contributed by atoms with E-state index in [1.54, 1.807) is 36.4 Å². The van der Waals surface area contributed by atoms with Crippen LogP contribution in [0.5, 0.6) is 34.5 Å². The third-order valence-electron chi connectivity index (χ3n) is 8.61. The molecular weight excluding hydrogens is 703 g/mol. The monoisotopic (exact) mass is 769 g/mol. The first-order chi connectivity index (χ1) is 26.5. The molecule has 4 rings (SSSR count). The van der Waals surface area contributed by atoms with Crippen molar-refractivity contribution < 1.29 is 34.7 Å². The van der Waals surface area contributed by atoms with Crippen molar-refractivity contribution in [2.45, 2.75) is 106 Å². The number of rotatable bonds is 14. The quantitative estimate of drug-likeness (QED) is 0.0638. The van der Waals surface area contributed by atoms with E-state index in [1.165, 1.54) is 19.8 Å². The number of hydrogen-bond acceptors (Lipinski definition) is 7. The Kier molecular flexibility index (Phi) is 23.0. The number of ether oxygens (including phenoxy) is 2. The smallest absolute Gasteiger partial charge is 0.220 e. The normalized spacial score (nSPS) is 10.5. The van der Waals surface area contributed by atoms with Gasteiger partial charge in [0.05, 0.1) is 14.2 Å². The maximum Gasteiger partial charge on any atom is 0.220 e. The summed E-state index contributed by atoms with van der Waals surface area (Å²) in [4.78, 5) is 11.8. The van der Waals surface area contributed by atoms with Crippen LogP contribution in [0.15, 0.2) is 97.6 Å². The summed E-state index contributed by atoms with van der Waals surface area (Å²) < 4.78 is 9.99. The first-order valence-corrected chi connectivity index (χ1v) is 19.4. The van der Waals surface area contributed by atoms with Crippen LogP contribution < -0.4 is 14.8 Å². The number of nitrogens with one attached hydrogen (secondary N) is 1. The van der Waals surface area contributed by atoms with Crippen LogP contribution in [0.3, 0.4) is 0 Å². The lowest BCUT2D eigenvalue weighted by Gasteiger charge is -2.08. The standard InChI is InChI=1S/C18H27NO3.C10H12O2.2C10H14O/c1-14(2)8-6-4-5-7-9-18(21)19-13-15-10-11-16(20)17(12-15)22-3;1-3-4-8-5-6-9(11)10(7-8)12-2;1-7(2)9-5-4-8(3)10(11)6-9;1-7(2)9-5-4-8(3)6-10(9)11/h6,8,10-12,14,20H,4-5,7,9,13H2,1-3H3,(H,19,21);3,5-7,11H,1,4H2,2H3;2*4-7,11H,1-3H3/b8-6+;;;. The SMILES string of the molecule is C=CCc1ccc(O)c(OC)c1.COc1cc(CNC(=O)CCCC/C=C/C(C)C)ccc1O.Cc1ccc(C(C)C)c(O)c1.Cc1ccc(C(C)C)cc1O. The van der Waals surface area contributed by atoms with Crippen LogP contribution in [-0.4, -0.2) is 40.6 Å². The van der Waals surface area contributed by atoms with Crippen LogP contribution in [-0.2, 0) is 17.8 Å². The van der Waals surface area contributed by atoms with Gasteiger partial charge >= 0.3 is 0 Å². The highest BCUT2D eigenvalue weighted by Crippen LogP contribution is 2.28. The lowest BCUT2D eigenvalue weighted by Crippen LogP contribution is -2.22. The summed E-state index contributed by atoms with van der Waals surface area (Å²) in [6.07, 6.45) is 10.5. The summed E-state index contributed by atoms with van der Waals surface area (Å²) in [5.41, 5.74) is 6.24. The fourth-order valence-electron chi connectivity index (χ4n) is 5.18. The molecule has 0 atom stereocenters. The minimum atomic E-state index is 0.0554. The summed E-state index contributed by atoms with van der Waals surface area (Å²) in [7, 11) is 3.04. The molecule has 306 valence electrons. The Morgan fingerprint density at radius 1 is 0.714 bits per heavy atom. The number of allylic oxidation sites excluding steroid dienone is 3. The molecule has 0 aliphatic carbocycles. The number of phenolic OH excluding ortho intramolecular Hbond substituents is 4. The number of amides is 1. The highest BCUT2D eigenvalue weighted by atomic mass is 16.5. The maximum absolute atomic E-state index is 11.8. The number of phenols is 4. The van der Waals surface area contributed by atoms with Gasteiger partial charge in [-0.2, -0.15) is 0 Å². The van der Waals surface area contributed by atoms with E-state index < -0.39 is 0 Å². The predicted molar refractivity (Wildman–Crippen MR) is 231 cm³/mol.